The summed E-state index contributed by atoms with van der Waals surface area (Å²) in [6.07, 6.45) is -0.181. The third-order valence-corrected chi connectivity index (χ3v) is 5.40. The Bertz CT molecular complexity index is 1120. The Morgan fingerprint density at radius 3 is 2.61 bits per heavy atom. The maximum Gasteiger partial charge on any atom is 0.344 e. The fourth-order valence-electron chi connectivity index (χ4n) is 3.78. The molecule has 1 aliphatic rings. The molecule has 31 heavy (non-hydrogen) atoms. The third kappa shape index (κ3) is 4.05. The molecule has 0 bridgehead atoms. The predicted octanol–water partition coefficient (Wildman–Crippen LogP) is 3.59. The minimum absolute atomic E-state index is 0.181. The normalized spacial score (nSPS) is 15.0. The second-order valence-corrected chi connectivity index (χ2v) is 7.59. The summed E-state index contributed by atoms with van der Waals surface area (Å²) in [6.45, 7) is 7.68. The second-order valence-electron chi connectivity index (χ2n) is 7.59. The van der Waals surface area contributed by atoms with E-state index in [1.807, 2.05) is 42.7 Å². The van der Waals surface area contributed by atoms with Gasteiger partial charge in [0.05, 0.1) is 12.2 Å². The summed E-state index contributed by atoms with van der Waals surface area (Å²) in [5, 5.41) is 3.73. The molecule has 1 aromatic carbocycles. The van der Waals surface area contributed by atoms with Crippen molar-refractivity contribution in [2.45, 2.75) is 40.3 Å². The highest BCUT2D eigenvalue weighted by Crippen LogP contribution is 2.31. The fraction of sp³-hybridized carbons (Fsp3) is 0.348. The molecule has 3 heterocycles. The number of ether oxygens (including phenoxy) is 3. The number of nitrogens with zero attached hydrogens (tertiary/aromatic N) is 2. The Balaban J connectivity index is 1.43. The van der Waals surface area contributed by atoms with Crippen LogP contribution in [0.4, 0.5) is 0 Å². The summed E-state index contributed by atoms with van der Waals surface area (Å²) in [5.41, 5.74) is 2.91. The quantitative estimate of drug-likeness (QED) is 0.441. The van der Waals surface area contributed by atoms with Crippen LogP contribution in [0.1, 0.15) is 43.6 Å². The van der Waals surface area contributed by atoms with E-state index in [-0.39, 0.29) is 24.1 Å². The molecule has 0 fully saturated rings. The summed E-state index contributed by atoms with van der Waals surface area (Å²) in [5.74, 6) is 0.916. The lowest BCUT2D eigenvalue weighted by Gasteiger charge is -2.27. The maximum atomic E-state index is 12.7. The fourth-order valence-corrected chi connectivity index (χ4v) is 3.78. The third-order valence-electron chi connectivity index (χ3n) is 5.40. The van der Waals surface area contributed by atoms with E-state index in [0.717, 1.165) is 17.1 Å². The van der Waals surface area contributed by atoms with Gasteiger partial charge in [0.2, 0.25) is 5.78 Å². The summed E-state index contributed by atoms with van der Waals surface area (Å²) >= 11 is 0. The van der Waals surface area contributed by atoms with Crippen LogP contribution in [0.2, 0.25) is 0 Å². The van der Waals surface area contributed by atoms with E-state index in [1.165, 1.54) is 0 Å². The molecule has 3 aromatic rings. The molecule has 0 saturated carbocycles. The van der Waals surface area contributed by atoms with Crippen LogP contribution in [0.3, 0.4) is 0 Å². The number of fused-ring (bicyclic) bond motifs is 1. The zero-order valence-corrected chi connectivity index (χ0v) is 17.9. The van der Waals surface area contributed by atoms with Crippen LogP contribution in [0.25, 0.3) is 0 Å². The minimum atomic E-state index is -0.621. The van der Waals surface area contributed by atoms with Gasteiger partial charge in [0.15, 0.2) is 24.2 Å². The SMILES string of the molecule is Cc1noc(C)c1C(=O)OCC(=O)c1cc(C)n(CC2COc3ccccc3O2)c1C. The molecule has 1 aliphatic heterocycles. The molecule has 0 spiro atoms. The summed E-state index contributed by atoms with van der Waals surface area (Å²) < 4.78 is 24.0. The highest BCUT2D eigenvalue weighted by molar-refractivity contribution is 6.00. The zero-order valence-electron chi connectivity index (χ0n) is 17.9. The molecule has 0 N–H and O–H groups in total. The number of carbonyl (C=O) groups is 2. The Labute approximate surface area is 179 Å². The van der Waals surface area contributed by atoms with E-state index < -0.39 is 5.97 Å². The first kappa shape index (κ1) is 20.7. The molecule has 8 heteroatoms. The van der Waals surface area contributed by atoms with E-state index >= 15 is 0 Å². The van der Waals surface area contributed by atoms with E-state index in [0.29, 0.717) is 35.9 Å². The molecule has 1 unspecified atom stereocenters. The Hall–Kier alpha value is -3.55. The van der Waals surface area contributed by atoms with Gasteiger partial charge >= 0.3 is 5.97 Å². The lowest BCUT2D eigenvalue weighted by molar-refractivity contribution is 0.0472. The van der Waals surface area contributed by atoms with E-state index in [9.17, 15) is 9.59 Å². The van der Waals surface area contributed by atoms with Crippen LogP contribution in [-0.2, 0) is 11.3 Å². The number of hydrogen-bond acceptors (Lipinski definition) is 7. The van der Waals surface area contributed by atoms with Crippen molar-refractivity contribution in [2.75, 3.05) is 13.2 Å². The number of benzene rings is 1. The summed E-state index contributed by atoms with van der Waals surface area (Å²) in [6, 6.07) is 9.35. The number of carbonyl (C=O) groups excluding carboxylic acids is 2. The average molecular weight is 424 g/mol. The maximum absolute atomic E-state index is 12.7. The van der Waals surface area contributed by atoms with E-state index in [4.69, 9.17) is 18.7 Å². The van der Waals surface area contributed by atoms with Crippen LogP contribution in [0.5, 0.6) is 11.5 Å². The van der Waals surface area contributed by atoms with Crippen LogP contribution in [0.15, 0.2) is 34.9 Å². The van der Waals surface area contributed by atoms with Gasteiger partial charge in [-0.05, 0) is 45.9 Å². The molecule has 0 amide bonds. The van der Waals surface area contributed by atoms with Crippen molar-refractivity contribution < 1.29 is 28.3 Å². The first-order valence-electron chi connectivity index (χ1n) is 10.0. The van der Waals surface area contributed by atoms with Gasteiger partial charge in [-0.3, -0.25) is 4.79 Å². The summed E-state index contributed by atoms with van der Waals surface area (Å²) in [7, 11) is 0. The van der Waals surface area contributed by atoms with Gasteiger partial charge in [-0.15, -0.1) is 0 Å². The second kappa shape index (κ2) is 8.29. The molecule has 0 aliphatic carbocycles. The van der Waals surface area contributed by atoms with Crippen molar-refractivity contribution in [1.82, 2.24) is 9.72 Å². The average Bonchev–Trinajstić information content (AvgIpc) is 3.24. The van der Waals surface area contributed by atoms with Crippen molar-refractivity contribution in [3.8, 4) is 11.5 Å². The van der Waals surface area contributed by atoms with Gasteiger partial charge in [0.25, 0.3) is 0 Å². The van der Waals surface area contributed by atoms with Crippen molar-refractivity contribution in [3.05, 3.63) is 64.3 Å². The van der Waals surface area contributed by atoms with Gasteiger partial charge in [0, 0.05) is 17.0 Å². The number of Topliss-reactive ketones (excluding diaryl/α,β-unsaturated/α-hetero) is 1. The molecule has 0 saturated heterocycles. The van der Waals surface area contributed by atoms with Crippen molar-refractivity contribution >= 4 is 11.8 Å². The van der Waals surface area contributed by atoms with Crippen LogP contribution >= 0.6 is 0 Å². The number of aromatic nitrogens is 2. The first-order chi connectivity index (χ1) is 14.8. The molecule has 2 aromatic heterocycles. The Morgan fingerprint density at radius 1 is 1.16 bits per heavy atom. The van der Waals surface area contributed by atoms with Gasteiger partial charge in [-0.1, -0.05) is 17.3 Å². The van der Waals surface area contributed by atoms with Crippen LogP contribution in [0, 0.1) is 27.7 Å². The first-order valence-corrected chi connectivity index (χ1v) is 10.0. The highest BCUT2D eigenvalue weighted by Gasteiger charge is 2.25. The number of ketones is 1. The topological polar surface area (TPSA) is 92.8 Å². The minimum Gasteiger partial charge on any atom is -0.486 e. The molecule has 1 atom stereocenters. The Kier molecular flexibility index (Phi) is 5.54. The van der Waals surface area contributed by atoms with Gasteiger partial charge < -0.3 is 23.3 Å². The molecule has 0 radical (unpaired) electrons. The predicted molar refractivity (Wildman–Crippen MR) is 111 cm³/mol. The molecule has 8 nitrogen and oxygen atoms in total. The standard InChI is InChI=1S/C23H24N2O6/c1-13-9-18(19(26)12-29-23(27)22-14(2)24-31-16(22)4)15(3)25(13)10-17-11-28-20-7-5-6-8-21(20)30-17/h5-9,17H,10-12H2,1-4H3. The number of hydrogen-bond donors (Lipinski definition) is 0. The molecule has 4 rings (SSSR count). The molecular weight excluding hydrogens is 400 g/mol. The highest BCUT2D eigenvalue weighted by atomic mass is 16.6. The monoisotopic (exact) mass is 424 g/mol. The number of rotatable bonds is 6. The summed E-state index contributed by atoms with van der Waals surface area (Å²) in [4.78, 5) is 25.0. The van der Waals surface area contributed by atoms with Crippen molar-refractivity contribution in [1.29, 1.82) is 0 Å². The Morgan fingerprint density at radius 2 is 1.90 bits per heavy atom. The lowest BCUT2D eigenvalue weighted by atomic mass is 10.1. The van der Waals surface area contributed by atoms with Gasteiger partial charge in [0.1, 0.15) is 17.9 Å². The van der Waals surface area contributed by atoms with Crippen LogP contribution in [-0.4, -0.2) is 40.8 Å². The van der Waals surface area contributed by atoms with Crippen LogP contribution < -0.4 is 9.47 Å². The molecular formula is C23H24N2O6. The number of esters is 1. The van der Waals surface area contributed by atoms with Crippen molar-refractivity contribution in [3.63, 3.8) is 0 Å². The van der Waals surface area contributed by atoms with Crippen molar-refractivity contribution in [2.24, 2.45) is 0 Å². The van der Waals surface area contributed by atoms with E-state index in [1.54, 1.807) is 19.9 Å². The zero-order chi connectivity index (χ0) is 22.1. The lowest BCUT2D eigenvalue weighted by Crippen LogP contribution is -2.33. The van der Waals surface area contributed by atoms with Gasteiger partial charge in [-0.25, -0.2) is 4.79 Å². The number of para-hydroxylation sites is 2. The van der Waals surface area contributed by atoms with E-state index in [2.05, 4.69) is 5.16 Å². The molecule has 162 valence electrons. The largest absolute Gasteiger partial charge is 0.486 e. The number of aryl methyl sites for hydroxylation is 3. The van der Waals surface area contributed by atoms with Gasteiger partial charge in [-0.2, -0.15) is 0 Å². The smallest absolute Gasteiger partial charge is 0.344 e.